The maximum absolute atomic E-state index is 12.1. The molecule has 0 amide bonds. The smallest absolute Gasteiger partial charge is 0.258 e. The van der Waals surface area contributed by atoms with Crippen molar-refractivity contribution in [2.24, 2.45) is 11.7 Å². The third kappa shape index (κ3) is 2.95. The summed E-state index contributed by atoms with van der Waals surface area (Å²) in [7, 11) is 0. The fourth-order valence-electron chi connectivity index (χ4n) is 3.04. The number of aromatic nitrogens is 2. The summed E-state index contributed by atoms with van der Waals surface area (Å²) in [6, 6.07) is 5.65. The Bertz CT molecular complexity index is 714. The fraction of sp³-hybridized carbons (Fsp3) is 0.467. The van der Waals surface area contributed by atoms with Gasteiger partial charge in [0.25, 0.3) is 5.56 Å². The van der Waals surface area contributed by atoms with Gasteiger partial charge in [-0.2, -0.15) is 0 Å². The van der Waals surface area contributed by atoms with Gasteiger partial charge in [-0.15, -0.1) is 0 Å². The second kappa shape index (κ2) is 5.75. The van der Waals surface area contributed by atoms with Gasteiger partial charge in [0.05, 0.1) is 17.4 Å². The highest BCUT2D eigenvalue weighted by atomic mass is 35.5. The molecule has 1 aromatic heterocycles. The molecule has 6 heteroatoms. The highest BCUT2D eigenvalue weighted by Gasteiger charge is 2.28. The summed E-state index contributed by atoms with van der Waals surface area (Å²) in [5.41, 5.74) is 6.29. The summed E-state index contributed by atoms with van der Waals surface area (Å²) in [5.74, 6) is 1.23. The van der Waals surface area contributed by atoms with Crippen LogP contribution >= 0.6 is 11.6 Å². The number of nitrogens with two attached hydrogens (primary N) is 1. The number of halogens is 1. The Morgan fingerprint density at radius 2 is 2.33 bits per heavy atom. The second-order valence-electron chi connectivity index (χ2n) is 5.79. The first-order valence-electron chi connectivity index (χ1n) is 7.19. The Hall–Kier alpha value is -1.43. The van der Waals surface area contributed by atoms with Crippen molar-refractivity contribution in [2.75, 3.05) is 13.1 Å². The maximum Gasteiger partial charge on any atom is 0.258 e. The average Bonchev–Trinajstić information content (AvgIpc) is 2.80. The van der Waals surface area contributed by atoms with E-state index in [-0.39, 0.29) is 5.56 Å². The summed E-state index contributed by atoms with van der Waals surface area (Å²) in [6.45, 7) is 4.50. The number of benzene rings is 1. The fourth-order valence-corrected chi connectivity index (χ4v) is 3.21. The third-order valence-corrected chi connectivity index (χ3v) is 4.43. The average molecular weight is 307 g/mol. The molecule has 1 aliphatic heterocycles. The summed E-state index contributed by atoms with van der Waals surface area (Å²) in [4.78, 5) is 21.9. The largest absolute Gasteiger partial charge is 0.330 e. The van der Waals surface area contributed by atoms with Gasteiger partial charge in [-0.25, -0.2) is 4.98 Å². The lowest BCUT2D eigenvalue weighted by atomic mass is 10.1. The summed E-state index contributed by atoms with van der Waals surface area (Å²) >= 11 is 5.92. The minimum Gasteiger partial charge on any atom is -0.330 e. The zero-order chi connectivity index (χ0) is 15.0. The van der Waals surface area contributed by atoms with Gasteiger partial charge in [0.2, 0.25) is 0 Å². The lowest BCUT2D eigenvalue weighted by Gasteiger charge is -2.20. The van der Waals surface area contributed by atoms with Crippen LogP contribution in [0.15, 0.2) is 23.0 Å². The molecule has 1 aromatic carbocycles. The van der Waals surface area contributed by atoms with Crippen molar-refractivity contribution >= 4 is 22.5 Å². The topological polar surface area (TPSA) is 75.0 Å². The molecule has 3 N–H and O–H groups in total. The highest BCUT2D eigenvalue weighted by molar-refractivity contribution is 6.31. The van der Waals surface area contributed by atoms with E-state index in [9.17, 15) is 4.79 Å². The quantitative estimate of drug-likeness (QED) is 0.906. The van der Waals surface area contributed by atoms with Crippen molar-refractivity contribution < 1.29 is 0 Å². The molecule has 2 aromatic rings. The lowest BCUT2D eigenvalue weighted by Crippen LogP contribution is -2.29. The number of H-pyrrole nitrogens is 1. The van der Waals surface area contributed by atoms with Crippen molar-refractivity contribution in [1.29, 1.82) is 0 Å². The molecule has 3 rings (SSSR count). The first kappa shape index (κ1) is 14.5. The molecule has 1 fully saturated rings. The van der Waals surface area contributed by atoms with Gasteiger partial charge in [-0.1, -0.05) is 11.6 Å². The van der Waals surface area contributed by atoms with E-state index >= 15 is 0 Å². The number of aromatic amines is 1. The number of rotatable bonds is 3. The van der Waals surface area contributed by atoms with Gasteiger partial charge in [-0.05, 0) is 44.0 Å². The van der Waals surface area contributed by atoms with Crippen LogP contribution in [0.5, 0.6) is 0 Å². The van der Waals surface area contributed by atoms with Crippen LogP contribution in [-0.4, -0.2) is 34.0 Å². The van der Waals surface area contributed by atoms with Crippen LogP contribution in [-0.2, 0) is 6.54 Å². The van der Waals surface area contributed by atoms with Crippen LogP contribution < -0.4 is 11.3 Å². The Balaban J connectivity index is 1.88. The van der Waals surface area contributed by atoms with Crippen LogP contribution in [0.2, 0.25) is 5.02 Å². The van der Waals surface area contributed by atoms with Gasteiger partial charge in [0.15, 0.2) is 0 Å². The Kier molecular flexibility index (Phi) is 3.97. The third-order valence-electron chi connectivity index (χ3n) is 4.19. The van der Waals surface area contributed by atoms with Crippen LogP contribution in [0, 0.1) is 5.92 Å². The maximum atomic E-state index is 12.1. The molecule has 0 radical (unpaired) electrons. The molecule has 2 atom stereocenters. The van der Waals surface area contributed by atoms with Gasteiger partial charge < -0.3 is 10.7 Å². The van der Waals surface area contributed by atoms with Crippen LogP contribution in [0.1, 0.15) is 19.2 Å². The van der Waals surface area contributed by atoms with Crippen LogP contribution in [0.25, 0.3) is 10.9 Å². The SMILES string of the molecule is CC1CC(CN)CN1Cc1nc2ccc(Cl)cc2c(=O)[nH]1. The molecule has 112 valence electrons. The minimum absolute atomic E-state index is 0.139. The predicted molar refractivity (Wildman–Crippen MR) is 84.4 cm³/mol. The molecule has 5 nitrogen and oxygen atoms in total. The van der Waals surface area contributed by atoms with Gasteiger partial charge in [0, 0.05) is 17.6 Å². The second-order valence-corrected chi connectivity index (χ2v) is 6.23. The molecule has 1 aliphatic rings. The highest BCUT2D eigenvalue weighted by Crippen LogP contribution is 2.23. The molecule has 0 spiro atoms. The van der Waals surface area contributed by atoms with Crippen molar-refractivity contribution in [3.63, 3.8) is 0 Å². The Labute approximate surface area is 128 Å². The van der Waals surface area contributed by atoms with Crippen molar-refractivity contribution in [3.8, 4) is 0 Å². The molecule has 21 heavy (non-hydrogen) atoms. The molecule has 0 aliphatic carbocycles. The lowest BCUT2D eigenvalue weighted by molar-refractivity contribution is 0.249. The van der Waals surface area contributed by atoms with Gasteiger partial charge in [-0.3, -0.25) is 9.69 Å². The zero-order valence-corrected chi connectivity index (χ0v) is 12.7. The summed E-state index contributed by atoms with van der Waals surface area (Å²) in [6.07, 6.45) is 1.10. The van der Waals surface area contributed by atoms with Gasteiger partial charge in [0.1, 0.15) is 5.82 Å². The van der Waals surface area contributed by atoms with Crippen LogP contribution in [0.4, 0.5) is 0 Å². The minimum atomic E-state index is -0.139. The first-order valence-corrected chi connectivity index (χ1v) is 7.57. The van der Waals surface area contributed by atoms with E-state index < -0.39 is 0 Å². The Morgan fingerprint density at radius 3 is 3.05 bits per heavy atom. The van der Waals surface area contributed by atoms with E-state index in [1.165, 1.54) is 0 Å². The molecule has 1 saturated heterocycles. The predicted octanol–water partition coefficient (Wildman–Crippen LogP) is 1.75. The number of hydrogen-bond acceptors (Lipinski definition) is 4. The molecule has 2 heterocycles. The molecule has 0 saturated carbocycles. The van der Waals surface area contributed by atoms with E-state index in [4.69, 9.17) is 17.3 Å². The first-order chi connectivity index (χ1) is 10.1. The van der Waals surface area contributed by atoms with Crippen molar-refractivity contribution in [3.05, 3.63) is 39.4 Å². The van der Waals surface area contributed by atoms with E-state index in [1.807, 2.05) is 0 Å². The number of nitrogens with zero attached hydrogens (tertiary/aromatic N) is 2. The molecule has 0 bridgehead atoms. The normalized spacial score (nSPS) is 23.0. The van der Waals surface area contributed by atoms with E-state index in [0.717, 1.165) is 13.0 Å². The van der Waals surface area contributed by atoms with Gasteiger partial charge >= 0.3 is 0 Å². The van der Waals surface area contributed by atoms with Crippen molar-refractivity contribution in [2.45, 2.75) is 25.9 Å². The number of fused-ring (bicyclic) bond motifs is 1. The van der Waals surface area contributed by atoms with E-state index in [0.29, 0.717) is 46.8 Å². The summed E-state index contributed by atoms with van der Waals surface area (Å²) < 4.78 is 0. The monoisotopic (exact) mass is 306 g/mol. The zero-order valence-electron chi connectivity index (χ0n) is 12.0. The Morgan fingerprint density at radius 1 is 1.52 bits per heavy atom. The number of hydrogen-bond donors (Lipinski definition) is 2. The van der Waals surface area contributed by atoms with Crippen molar-refractivity contribution in [1.82, 2.24) is 14.9 Å². The number of nitrogens with one attached hydrogen (secondary N) is 1. The molecular weight excluding hydrogens is 288 g/mol. The number of likely N-dealkylation sites (tertiary alicyclic amines) is 1. The van der Waals surface area contributed by atoms with Crippen LogP contribution in [0.3, 0.4) is 0 Å². The van der Waals surface area contributed by atoms with E-state index in [2.05, 4.69) is 21.8 Å². The standard InChI is InChI=1S/C15H19ClN4O/c1-9-4-10(6-17)7-20(9)8-14-18-13-3-2-11(16)5-12(13)15(21)19-14/h2-3,5,9-10H,4,6-8,17H2,1H3,(H,18,19,21). The molecular formula is C15H19ClN4O. The molecule has 2 unspecified atom stereocenters. The summed E-state index contributed by atoms with van der Waals surface area (Å²) in [5, 5.41) is 1.07. The van der Waals surface area contributed by atoms with E-state index in [1.54, 1.807) is 18.2 Å².